The number of amides is 1. The quantitative estimate of drug-likeness (QED) is 0.769. The first-order valence-corrected chi connectivity index (χ1v) is 9.36. The standard InChI is InChI=1S/C20H32N2O2/c1-3-16(2)8-7-13-22-14-11-18(12-15-22)21-20(24)19(23)17-9-5-4-6-10-17/h4-6,9-10,16,18-19,23H,3,7-8,11-15H2,1-2H3,(H,21,24). The average molecular weight is 332 g/mol. The van der Waals surface area contributed by atoms with E-state index >= 15 is 0 Å². The maximum atomic E-state index is 12.2. The molecule has 1 aromatic rings. The third-order valence-corrected chi connectivity index (χ3v) is 5.17. The van der Waals surface area contributed by atoms with Gasteiger partial charge in [0.15, 0.2) is 6.10 Å². The molecular formula is C20H32N2O2. The molecule has 1 fully saturated rings. The molecule has 1 aliphatic heterocycles. The summed E-state index contributed by atoms with van der Waals surface area (Å²) in [6, 6.07) is 9.30. The molecule has 1 heterocycles. The predicted octanol–water partition coefficient (Wildman–Crippen LogP) is 3.13. The zero-order valence-electron chi connectivity index (χ0n) is 15.1. The average Bonchev–Trinajstić information content (AvgIpc) is 2.63. The lowest BCUT2D eigenvalue weighted by atomic mass is 10.0. The molecule has 2 unspecified atom stereocenters. The largest absolute Gasteiger partial charge is 0.378 e. The van der Waals surface area contributed by atoms with Gasteiger partial charge in [-0.05, 0) is 43.7 Å². The monoisotopic (exact) mass is 332 g/mol. The van der Waals surface area contributed by atoms with Crippen molar-refractivity contribution < 1.29 is 9.90 Å². The molecule has 2 rings (SSSR count). The van der Waals surface area contributed by atoms with Crippen LogP contribution in [0.25, 0.3) is 0 Å². The molecular weight excluding hydrogens is 300 g/mol. The number of nitrogens with zero attached hydrogens (tertiary/aromatic N) is 1. The van der Waals surface area contributed by atoms with Crippen LogP contribution >= 0.6 is 0 Å². The van der Waals surface area contributed by atoms with Crippen molar-refractivity contribution in [1.82, 2.24) is 10.2 Å². The Labute approximate surface area is 146 Å². The third kappa shape index (κ3) is 5.91. The van der Waals surface area contributed by atoms with Crippen LogP contribution in [0, 0.1) is 5.92 Å². The lowest BCUT2D eigenvalue weighted by Gasteiger charge is -2.33. The molecule has 0 spiro atoms. The smallest absolute Gasteiger partial charge is 0.253 e. The Kier molecular flexibility index (Phi) is 7.73. The third-order valence-electron chi connectivity index (χ3n) is 5.17. The van der Waals surface area contributed by atoms with Gasteiger partial charge in [-0.25, -0.2) is 0 Å². The Hall–Kier alpha value is -1.39. The maximum absolute atomic E-state index is 12.2. The number of aliphatic hydroxyl groups is 1. The van der Waals surface area contributed by atoms with Crippen molar-refractivity contribution in [2.45, 2.75) is 58.1 Å². The number of carbonyl (C=O) groups is 1. The number of hydrogen-bond donors (Lipinski definition) is 2. The number of rotatable bonds is 8. The van der Waals surface area contributed by atoms with E-state index in [1.165, 1.54) is 19.3 Å². The Balaban J connectivity index is 1.68. The van der Waals surface area contributed by atoms with Gasteiger partial charge in [-0.1, -0.05) is 50.6 Å². The number of benzene rings is 1. The number of hydrogen-bond acceptors (Lipinski definition) is 3. The predicted molar refractivity (Wildman–Crippen MR) is 97.7 cm³/mol. The summed E-state index contributed by atoms with van der Waals surface area (Å²) in [6.45, 7) is 7.81. The molecule has 0 radical (unpaired) electrons. The molecule has 0 aliphatic carbocycles. The molecule has 1 aliphatic rings. The van der Waals surface area contributed by atoms with E-state index in [4.69, 9.17) is 0 Å². The minimum absolute atomic E-state index is 0.182. The normalized spacial score (nSPS) is 19.0. The summed E-state index contributed by atoms with van der Waals surface area (Å²) >= 11 is 0. The first kappa shape index (κ1) is 18.9. The van der Waals surface area contributed by atoms with Gasteiger partial charge < -0.3 is 15.3 Å². The SMILES string of the molecule is CCC(C)CCCN1CCC(NC(=O)C(O)c2ccccc2)CC1. The molecule has 2 atom stereocenters. The van der Waals surface area contributed by atoms with Crippen LogP contribution in [0.4, 0.5) is 0 Å². The van der Waals surface area contributed by atoms with Gasteiger partial charge >= 0.3 is 0 Å². The summed E-state index contributed by atoms with van der Waals surface area (Å²) in [5, 5.41) is 13.1. The van der Waals surface area contributed by atoms with E-state index in [0.717, 1.165) is 38.4 Å². The van der Waals surface area contributed by atoms with Crippen molar-refractivity contribution in [3.8, 4) is 0 Å². The lowest BCUT2D eigenvalue weighted by molar-refractivity contribution is -0.130. The number of piperidine rings is 1. The zero-order chi connectivity index (χ0) is 17.4. The van der Waals surface area contributed by atoms with Crippen molar-refractivity contribution in [3.05, 3.63) is 35.9 Å². The summed E-state index contributed by atoms with van der Waals surface area (Å²) in [7, 11) is 0. The van der Waals surface area contributed by atoms with Crippen LogP contribution in [0.5, 0.6) is 0 Å². The first-order chi connectivity index (χ1) is 11.6. The van der Waals surface area contributed by atoms with Crippen molar-refractivity contribution in [3.63, 3.8) is 0 Å². The van der Waals surface area contributed by atoms with Crippen LogP contribution < -0.4 is 5.32 Å². The molecule has 134 valence electrons. The highest BCUT2D eigenvalue weighted by atomic mass is 16.3. The van der Waals surface area contributed by atoms with E-state index in [-0.39, 0.29) is 11.9 Å². The summed E-state index contributed by atoms with van der Waals surface area (Å²) in [4.78, 5) is 14.7. The highest BCUT2D eigenvalue weighted by Crippen LogP contribution is 2.16. The van der Waals surface area contributed by atoms with Gasteiger partial charge in [0.1, 0.15) is 0 Å². The van der Waals surface area contributed by atoms with Crippen molar-refractivity contribution >= 4 is 5.91 Å². The van der Waals surface area contributed by atoms with Crippen LogP contribution in [0.1, 0.15) is 57.6 Å². The van der Waals surface area contributed by atoms with Crippen LogP contribution in [-0.4, -0.2) is 41.6 Å². The van der Waals surface area contributed by atoms with Crippen molar-refractivity contribution in [1.29, 1.82) is 0 Å². The van der Waals surface area contributed by atoms with Crippen molar-refractivity contribution in [2.75, 3.05) is 19.6 Å². The van der Waals surface area contributed by atoms with E-state index in [9.17, 15) is 9.90 Å². The van der Waals surface area contributed by atoms with E-state index in [1.54, 1.807) is 12.1 Å². The van der Waals surface area contributed by atoms with Gasteiger partial charge in [0.05, 0.1) is 0 Å². The molecule has 2 N–H and O–H groups in total. The molecule has 24 heavy (non-hydrogen) atoms. The first-order valence-electron chi connectivity index (χ1n) is 9.36. The molecule has 1 saturated heterocycles. The number of nitrogens with one attached hydrogen (secondary N) is 1. The maximum Gasteiger partial charge on any atom is 0.253 e. The zero-order valence-corrected chi connectivity index (χ0v) is 15.1. The molecule has 0 bridgehead atoms. The van der Waals surface area contributed by atoms with E-state index in [1.807, 2.05) is 18.2 Å². The molecule has 4 heteroatoms. The highest BCUT2D eigenvalue weighted by Gasteiger charge is 2.24. The van der Waals surface area contributed by atoms with Gasteiger partial charge in [-0.15, -0.1) is 0 Å². The molecule has 0 saturated carbocycles. The highest BCUT2D eigenvalue weighted by molar-refractivity contribution is 5.82. The van der Waals surface area contributed by atoms with Crippen LogP contribution in [0.15, 0.2) is 30.3 Å². The molecule has 1 amide bonds. The molecule has 0 aromatic heterocycles. The Morgan fingerprint density at radius 1 is 1.29 bits per heavy atom. The van der Waals surface area contributed by atoms with Crippen molar-refractivity contribution in [2.24, 2.45) is 5.92 Å². The molecule has 1 aromatic carbocycles. The molecule has 4 nitrogen and oxygen atoms in total. The van der Waals surface area contributed by atoms with Crippen LogP contribution in [0.2, 0.25) is 0 Å². The number of aliphatic hydroxyl groups excluding tert-OH is 1. The second-order valence-electron chi connectivity index (χ2n) is 7.09. The summed E-state index contributed by atoms with van der Waals surface area (Å²) < 4.78 is 0. The van der Waals surface area contributed by atoms with Crippen LogP contribution in [0.3, 0.4) is 0 Å². The van der Waals surface area contributed by atoms with E-state index < -0.39 is 6.10 Å². The summed E-state index contributed by atoms with van der Waals surface area (Å²) in [5.41, 5.74) is 0.650. The second kappa shape index (κ2) is 9.80. The Morgan fingerprint density at radius 2 is 1.96 bits per heavy atom. The van der Waals surface area contributed by atoms with E-state index in [0.29, 0.717) is 5.56 Å². The fourth-order valence-electron chi connectivity index (χ4n) is 3.24. The van der Waals surface area contributed by atoms with Crippen LogP contribution in [-0.2, 0) is 4.79 Å². The van der Waals surface area contributed by atoms with Gasteiger partial charge in [-0.2, -0.15) is 0 Å². The van der Waals surface area contributed by atoms with E-state index in [2.05, 4.69) is 24.1 Å². The number of carbonyl (C=O) groups excluding carboxylic acids is 1. The second-order valence-corrected chi connectivity index (χ2v) is 7.09. The van der Waals surface area contributed by atoms with Gasteiger partial charge in [0.25, 0.3) is 5.91 Å². The fraction of sp³-hybridized carbons (Fsp3) is 0.650. The summed E-state index contributed by atoms with van der Waals surface area (Å²) in [6.07, 6.45) is 4.69. The Morgan fingerprint density at radius 3 is 2.58 bits per heavy atom. The fourth-order valence-corrected chi connectivity index (χ4v) is 3.24. The summed E-state index contributed by atoms with van der Waals surface area (Å²) in [5.74, 6) is 0.540. The lowest BCUT2D eigenvalue weighted by Crippen LogP contribution is -2.46. The Bertz CT molecular complexity index is 484. The topological polar surface area (TPSA) is 52.6 Å². The number of likely N-dealkylation sites (tertiary alicyclic amines) is 1. The minimum atomic E-state index is -1.07. The van der Waals surface area contributed by atoms with Gasteiger partial charge in [0, 0.05) is 19.1 Å². The van der Waals surface area contributed by atoms with Gasteiger partial charge in [-0.3, -0.25) is 4.79 Å². The minimum Gasteiger partial charge on any atom is -0.378 e. The van der Waals surface area contributed by atoms with Gasteiger partial charge in [0.2, 0.25) is 0 Å².